The lowest BCUT2D eigenvalue weighted by atomic mass is 9.99. The summed E-state index contributed by atoms with van der Waals surface area (Å²) in [6.07, 6.45) is 2.58. The SMILES string of the molecule is Cc1cc(C=C[N+](=O)[O-])c(C)c2c1sc1ccccc12. The summed E-state index contributed by atoms with van der Waals surface area (Å²) < 4.78 is 2.52. The number of hydrogen-bond donors (Lipinski definition) is 0. The van der Waals surface area contributed by atoms with Gasteiger partial charge in [-0.15, -0.1) is 11.3 Å². The molecule has 0 saturated carbocycles. The van der Waals surface area contributed by atoms with Gasteiger partial charge in [-0.3, -0.25) is 10.1 Å². The highest BCUT2D eigenvalue weighted by atomic mass is 32.1. The molecule has 100 valence electrons. The van der Waals surface area contributed by atoms with Crippen molar-refractivity contribution in [2.45, 2.75) is 13.8 Å². The highest BCUT2D eigenvalue weighted by Crippen LogP contribution is 2.39. The van der Waals surface area contributed by atoms with E-state index in [9.17, 15) is 10.1 Å². The first kappa shape index (κ1) is 12.8. The zero-order valence-corrected chi connectivity index (χ0v) is 12.0. The summed E-state index contributed by atoms with van der Waals surface area (Å²) in [4.78, 5) is 10.1. The Hall–Kier alpha value is -2.20. The molecule has 20 heavy (non-hydrogen) atoms. The van der Waals surface area contributed by atoms with Crippen molar-refractivity contribution >= 4 is 37.6 Å². The molecule has 0 spiro atoms. The Labute approximate surface area is 120 Å². The molecule has 1 aromatic heterocycles. The van der Waals surface area contributed by atoms with Gasteiger partial charge >= 0.3 is 0 Å². The van der Waals surface area contributed by atoms with Crippen LogP contribution >= 0.6 is 11.3 Å². The summed E-state index contributed by atoms with van der Waals surface area (Å²) in [5, 5.41) is 13.0. The molecule has 1 heterocycles. The summed E-state index contributed by atoms with van der Waals surface area (Å²) in [6.45, 7) is 4.08. The molecule has 0 saturated heterocycles. The zero-order chi connectivity index (χ0) is 14.3. The minimum Gasteiger partial charge on any atom is -0.259 e. The monoisotopic (exact) mass is 283 g/mol. The van der Waals surface area contributed by atoms with Crippen molar-refractivity contribution in [3.63, 3.8) is 0 Å². The molecule has 0 N–H and O–H groups in total. The predicted molar refractivity (Wildman–Crippen MR) is 84.8 cm³/mol. The summed E-state index contributed by atoms with van der Waals surface area (Å²) in [5.41, 5.74) is 3.17. The van der Waals surface area contributed by atoms with Crippen LogP contribution < -0.4 is 0 Å². The van der Waals surface area contributed by atoms with Crippen molar-refractivity contribution in [2.24, 2.45) is 0 Å². The van der Waals surface area contributed by atoms with Crippen LogP contribution in [0.15, 0.2) is 36.5 Å². The van der Waals surface area contributed by atoms with Crippen LogP contribution in [0.3, 0.4) is 0 Å². The highest BCUT2D eigenvalue weighted by molar-refractivity contribution is 7.26. The molecule has 0 fully saturated rings. The number of fused-ring (bicyclic) bond motifs is 3. The molecule has 3 aromatic rings. The van der Waals surface area contributed by atoms with Gasteiger partial charge < -0.3 is 0 Å². The van der Waals surface area contributed by atoms with Crippen LogP contribution in [0.5, 0.6) is 0 Å². The predicted octanol–water partition coefficient (Wildman–Crippen LogP) is 4.92. The summed E-state index contributed by atoms with van der Waals surface area (Å²) in [7, 11) is 0. The van der Waals surface area contributed by atoms with Gasteiger partial charge in [-0.25, -0.2) is 0 Å². The van der Waals surface area contributed by atoms with E-state index < -0.39 is 4.92 Å². The normalized spacial score (nSPS) is 11.7. The Morgan fingerprint density at radius 2 is 2.00 bits per heavy atom. The van der Waals surface area contributed by atoms with Crippen LogP contribution in [0.25, 0.3) is 26.2 Å². The van der Waals surface area contributed by atoms with E-state index in [4.69, 9.17) is 0 Å². The Morgan fingerprint density at radius 1 is 1.25 bits per heavy atom. The lowest BCUT2D eigenvalue weighted by Crippen LogP contribution is -1.88. The molecular formula is C16H13NO2S. The Balaban J connectivity index is 2.38. The molecule has 4 heteroatoms. The van der Waals surface area contributed by atoms with Gasteiger partial charge in [0.1, 0.15) is 0 Å². The molecule has 0 radical (unpaired) electrons. The number of thiophene rings is 1. The second-order valence-corrected chi connectivity index (χ2v) is 5.86. The molecule has 3 rings (SSSR count). The Morgan fingerprint density at radius 3 is 2.75 bits per heavy atom. The van der Waals surface area contributed by atoms with Gasteiger partial charge in [0, 0.05) is 26.2 Å². The second-order valence-electron chi connectivity index (χ2n) is 4.81. The topological polar surface area (TPSA) is 43.1 Å². The van der Waals surface area contributed by atoms with Crippen molar-refractivity contribution in [1.29, 1.82) is 0 Å². The molecule has 0 unspecified atom stereocenters. The highest BCUT2D eigenvalue weighted by Gasteiger charge is 2.12. The fourth-order valence-electron chi connectivity index (χ4n) is 2.56. The van der Waals surface area contributed by atoms with Crippen LogP contribution in [0.1, 0.15) is 16.7 Å². The number of benzene rings is 2. The quantitative estimate of drug-likeness (QED) is 0.495. The number of rotatable bonds is 2. The van der Waals surface area contributed by atoms with Crippen molar-refractivity contribution in [1.82, 2.24) is 0 Å². The van der Waals surface area contributed by atoms with Crippen molar-refractivity contribution < 1.29 is 4.92 Å². The van der Waals surface area contributed by atoms with Gasteiger partial charge in [-0.1, -0.05) is 24.3 Å². The van der Waals surface area contributed by atoms with Crippen LogP contribution in [0.2, 0.25) is 0 Å². The largest absolute Gasteiger partial charge is 0.259 e. The third-order valence-electron chi connectivity index (χ3n) is 3.51. The molecule has 0 atom stereocenters. The Kier molecular flexibility index (Phi) is 3.03. The number of hydrogen-bond acceptors (Lipinski definition) is 3. The van der Waals surface area contributed by atoms with Crippen LogP contribution in [0.4, 0.5) is 0 Å². The third kappa shape index (κ3) is 1.98. The van der Waals surface area contributed by atoms with Crippen LogP contribution in [-0.2, 0) is 0 Å². The van der Waals surface area contributed by atoms with Gasteiger partial charge in [0.05, 0.1) is 4.92 Å². The minimum atomic E-state index is -0.426. The molecule has 3 nitrogen and oxygen atoms in total. The molecule has 2 aromatic carbocycles. The van der Waals surface area contributed by atoms with E-state index in [1.54, 1.807) is 17.4 Å². The minimum absolute atomic E-state index is 0.426. The van der Waals surface area contributed by atoms with E-state index in [0.29, 0.717) is 0 Å². The number of nitro groups is 1. The van der Waals surface area contributed by atoms with Crippen molar-refractivity contribution in [2.75, 3.05) is 0 Å². The lowest BCUT2D eigenvalue weighted by molar-refractivity contribution is -0.400. The summed E-state index contributed by atoms with van der Waals surface area (Å²) in [6, 6.07) is 10.3. The first-order valence-corrected chi connectivity index (χ1v) is 7.12. The van der Waals surface area contributed by atoms with Gasteiger partial charge in [-0.05, 0) is 36.6 Å². The van der Waals surface area contributed by atoms with Gasteiger partial charge in [-0.2, -0.15) is 0 Å². The smallest absolute Gasteiger partial charge is 0.235 e. The first-order valence-electron chi connectivity index (χ1n) is 6.31. The van der Waals surface area contributed by atoms with E-state index in [0.717, 1.165) is 22.9 Å². The molecule has 0 amide bonds. The van der Waals surface area contributed by atoms with Gasteiger partial charge in [0.2, 0.25) is 6.20 Å². The van der Waals surface area contributed by atoms with E-state index in [1.165, 1.54) is 20.2 Å². The molecular weight excluding hydrogens is 270 g/mol. The maximum Gasteiger partial charge on any atom is 0.235 e. The average molecular weight is 283 g/mol. The molecule has 0 aliphatic rings. The fourth-order valence-corrected chi connectivity index (χ4v) is 3.79. The standard InChI is InChI=1S/C16H13NO2S/c1-10-9-12(7-8-17(18)19)11(2)15-13-5-3-4-6-14(13)20-16(10)15/h3-9H,1-2H3. The molecule has 0 aliphatic heterocycles. The van der Waals surface area contributed by atoms with Crippen LogP contribution in [-0.4, -0.2) is 4.92 Å². The zero-order valence-electron chi connectivity index (χ0n) is 11.2. The summed E-state index contributed by atoms with van der Waals surface area (Å²) in [5.74, 6) is 0. The molecule has 0 bridgehead atoms. The second kappa shape index (κ2) is 4.72. The third-order valence-corrected chi connectivity index (χ3v) is 4.82. The summed E-state index contributed by atoms with van der Waals surface area (Å²) >= 11 is 1.78. The van der Waals surface area contributed by atoms with Crippen molar-refractivity contribution in [3.8, 4) is 0 Å². The van der Waals surface area contributed by atoms with Crippen molar-refractivity contribution in [3.05, 3.63) is 63.3 Å². The van der Waals surface area contributed by atoms with E-state index in [1.807, 2.05) is 25.1 Å². The first-order chi connectivity index (χ1) is 9.58. The number of aryl methyl sites for hydroxylation is 2. The Bertz CT molecular complexity index is 862. The number of nitrogens with zero attached hydrogens (tertiary/aromatic N) is 1. The molecule has 0 aliphatic carbocycles. The van der Waals surface area contributed by atoms with Crippen LogP contribution in [0, 0.1) is 24.0 Å². The fraction of sp³-hybridized carbons (Fsp3) is 0.125. The van der Waals surface area contributed by atoms with Gasteiger partial charge in [0.15, 0.2) is 0 Å². The lowest BCUT2D eigenvalue weighted by Gasteiger charge is -2.05. The van der Waals surface area contributed by atoms with E-state index >= 15 is 0 Å². The maximum atomic E-state index is 10.5. The average Bonchev–Trinajstić information content (AvgIpc) is 2.81. The van der Waals surface area contributed by atoms with Gasteiger partial charge in [0.25, 0.3) is 0 Å². The van der Waals surface area contributed by atoms with E-state index in [-0.39, 0.29) is 0 Å². The van der Waals surface area contributed by atoms with E-state index in [2.05, 4.69) is 19.1 Å². The maximum absolute atomic E-state index is 10.5.